The van der Waals surface area contributed by atoms with Crippen LogP contribution in [-0.2, 0) is 11.2 Å². The Morgan fingerprint density at radius 2 is 1.83 bits per heavy atom. The lowest BCUT2D eigenvalue weighted by atomic mass is 9.96. The van der Waals surface area contributed by atoms with Crippen LogP contribution in [0.3, 0.4) is 0 Å². The van der Waals surface area contributed by atoms with Gasteiger partial charge >= 0.3 is 0 Å². The molecule has 2 heterocycles. The standard InChI is InChI=1S/C29H34N2O.C12H16N2/c1-7-23(13-11-22(6)31-18-27(19(2)3)29(32)24-14-15-24)26-9-8-16-30-28(26)25-12-10-20(4)21(5)17-25;1-2-10(13)7-9-8-14-12-6-4-3-5-11(9)12/h7-13,16-19,24H,14-15H2,1-6H3;3-6,8,10,14H,2,7,13H2,1H3/b13-11-,23-7+,27-18+,31-22+;. The van der Waals surface area contributed by atoms with E-state index in [0.717, 1.165) is 59.4 Å². The van der Waals surface area contributed by atoms with Gasteiger partial charge in [-0.1, -0.05) is 69.3 Å². The van der Waals surface area contributed by atoms with Crippen LogP contribution in [0.25, 0.3) is 27.7 Å². The van der Waals surface area contributed by atoms with Crippen LogP contribution in [0.5, 0.6) is 0 Å². The normalized spacial score (nSPS) is 14.9. The summed E-state index contributed by atoms with van der Waals surface area (Å²) >= 11 is 0. The van der Waals surface area contributed by atoms with Crippen molar-refractivity contribution in [1.29, 1.82) is 0 Å². The average Bonchev–Trinajstić information content (AvgIpc) is 3.84. The molecule has 1 aliphatic rings. The molecule has 1 fully saturated rings. The lowest BCUT2D eigenvalue weighted by molar-refractivity contribution is -0.117. The Kier molecular flexibility index (Phi) is 12.2. The number of benzene rings is 2. The Hall–Kier alpha value is -4.35. The predicted octanol–water partition coefficient (Wildman–Crippen LogP) is 9.75. The van der Waals surface area contributed by atoms with Crippen molar-refractivity contribution in [3.63, 3.8) is 0 Å². The molecule has 1 unspecified atom stereocenters. The molecule has 5 rings (SSSR count). The van der Waals surface area contributed by atoms with Gasteiger partial charge in [0.05, 0.1) is 5.69 Å². The van der Waals surface area contributed by atoms with Crippen LogP contribution in [0, 0.1) is 25.7 Å². The summed E-state index contributed by atoms with van der Waals surface area (Å²) < 4.78 is 0. The number of Topliss-reactive ketones (excluding diaryl/α,β-unsaturated/α-hetero) is 1. The number of para-hydroxylation sites is 1. The molecule has 0 spiro atoms. The summed E-state index contributed by atoms with van der Waals surface area (Å²) in [6.07, 6.45) is 15.9. The van der Waals surface area contributed by atoms with Gasteiger partial charge in [0.15, 0.2) is 5.78 Å². The van der Waals surface area contributed by atoms with E-state index in [1.807, 2.05) is 38.3 Å². The highest BCUT2D eigenvalue weighted by Gasteiger charge is 2.32. The fraction of sp³-hybridized carbons (Fsp3) is 0.341. The Morgan fingerprint density at radius 3 is 2.50 bits per heavy atom. The van der Waals surface area contributed by atoms with Gasteiger partial charge in [-0.3, -0.25) is 14.8 Å². The van der Waals surface area contributed by atoms with E-state index < -0.39 is 0 Å². The van der Waals surface area contributed by atoms with E-state index in [1.54, 1.807) is 6.20 Å². The number of nitrogens with two attached hydrogens (primary N) is 1. The van der Waals surface area contributed by atoms with Crippen molar-refractivity contribution >= 4 is 28.0 Å². The van der Waals surface area contributed by atoms with E-state index >= 15 is 0 Å². The average molecular weight is 615 g/mol. The number of rotatable bonds is 11. The first-order chi connectivity index (χ1) is 22.1. The minimum absolute atomic E-state index is 0.186. The van der Waals surface area contributed by atoms with Crippen molar-refractivity contribution < 1.29 is 4.79 Å². The molecule has 46 heavy (non-hydrogen) atoms. The van der Waals surface area contributed by atoms with Gasteiger partial charge in [-0.05, 0) is 106 Å². The third-order valence-electron chi connectivity index (χ3n) is 8.66. The van der Waals surface area contributed by atoms with Crippen molar-refractivity contribution in [2.75, 3.05) is 0 Å². The second-order valence-electron chi connectivity index (χ2n) is 12.7. The number of aromatic amines is 1. The predicted molar refractivity (Wildman–Crippen MR) is 196 cm³/mol. The minimum atomic E-state index is 0.186. The lowest BCUT2D eigenvalue weighted by Gasteiger charge is -2.11. The maximum absolute atomic E-state index is 12.5. The second kappa shape index (κ2) is 16.3. The molecule has 0 radical (unpaired) electrons. The SMILES string of the molecule is CCC(N)Cc1c[nH]c2ccccc12.C\C=C(/C=C\C(C)=N\C=C(\C(=O)C1CC1)C(C)C)c1cccnc1-c1ccc(C)c(C)c1. The third-order valence-corrected chi connectivity index (χ3v) is 8.66. The molecule has 3 N–H and O–H groups in total. The molecule has 5 heteroatoms. The molecule has 240 valence electrons. The molecule has 2 aromatic carbocycles. The maximum atomic E-state index is 12.5. The highest BCUT2D eigenvalue weighted by molar-refractivity contribution is 6.00. The molecule has 0 aliphatic heterocycles. The number of nitrogens with zero attached hydrogens (tertiary/aromatic N) is 2. The van der Waals surface area contributed by atoms with Gasteiger partial charge in [-0.15, -0.1) is 0 Å². The number of carbonyl (C=O) groups is 1. The number of fused-ring (bicyclic) bond motifs is 1. The van der Waals surface area contributed by atoms with Gasteiger partial charge in [0.25, 0.3) is 0 Å². The number of hydrogen-bond donors (Lipinski definition) is 2. The fourth-order valence-electron chi connectivity index (χ4n) is 5.33. The van der Waals surface area contributed by atoms with Gasteiger partial charge in [0.1, 0.15) is 0 Å². The van der Waals surface area contributed by atoms with Crippen molar-refractivity contribution in [2.45, 2.75) is 80.2 Å². The van der Waals surface area contributed by atoms with Crippen LogP contribution in [0.15, 0.2) is 102 Å². The number of carbonyl (C=O) groups excluding carboxylic acids is 1. The summed E-state index contributed by atoms with van der Waals surface area (Å²) in [5.41, 5.74) is 17.0. The summed E-state index contributed by atoms with van der Waals surface area (Å²) in [6.45, 7) is 14.5. The molecule has 2 aromatic heterocycles. The Balaban J connectivity index is 0.000000284. The molecule has 1 aliphatic carbocycles. The number of nitrogens with one attached hydrogen (secondary N) is 1. The molecule has 0 bridgehead atoms. The van der Waals surface area contributed by atoms with Crippen molar-refractivity contribution in [3.8, 4) is 11.3 Å². The van der Waals surface area contributed by atoms with Crippen molar-refractivity contribution in [3.05, 3.63) is 119 Å². The number of ketones is 1. The van der Waals surface area contributed by atoms with E-state index in [-0.39, 0.29) is 23.7 Å². The van der Waals surface area contributed by atoms with Crippen LogP contribution in [-0.4, -0.2) is 27.5 Å². The van der Waals surface area contributed by atoms with Gasteiger partial charge in [0, 0.05) is 63.9 Å². The zero-order chi connectivity index (χ0) is 33.2. The fourth-order valence-corrected chi connectivity index (χ4v) is 5.33. The van der Waals surface area contributed by atoms with Gasteiger partial charge < -0.3 is 10.7 Å². The summed E-state index contributed by atoms with van der Waals surface area (Å²) in [5.74, 6) is 0.674. The molecule has 1 atom stereocenters. The summed E-state index contributed by atoms with van der Waals surface area (Å²) in [6, 6.07) is 19.2. The molecular formula is C41H50N4O. The van der Waals surface area contributed by atoms with Crippen LogP contribution < -0.4 is 5.73 Å². The Morgan fingerprint density at radius 1 is 1.07 bits per heavy atom. The number of aliphatic imine (C=N–C) groups is 1. The largest absolute Gasteiger partial charge is 0.361 e. The van der Waals surface area contributed by atoms with Crippen LogP contribution in [0.1, 0.15) is 76.1 Å². The summed E-state index contributed by atoms with van der Waals surface area (Å²) in [4.78, 5) is 25.0. The van der Waals surface area contributed by atoms with Gasteiger partial charge in [0.2, 0.25) is 0 Å². The highest BCUT2D eigenvalue weighted by Crippen LogP contribution is 2.34. The van der Waals surface area contributed by atoms with Gasteiger partial charge in [-0.25, -0.2) is 0 Å². The summed E-state index contributed by atoms with van der Waals surface area (Å²) in [5, 5.41) is 1.30. The molecule has 4 aromatic rings. The molecular weight excluding hydrogens is 564 g/mol. The van der Waals surface area contributed by atoms with Crippen LogP contribution in [0.2, 0.25) is 0 Å². The topological polar surface area (TPSA) is 84.1 Å². The van der Waals surface area contributed by atoms with Crippen molar-refractivity contribution in [2.24, 2.45) is 22.6 Å². The van der Waals surface area contributed by atoms with Crippen LogP contribution in [0.4, 0.5) is 0 Å². The first kappa shape index (κ1) is 34.5. The zero-order valence-corrected chi connectivity index (χ0v) is 28.6. The Labute approximate surface area is 275 Å². The van der Waals surface area contributed by atoms with E-state index in [4.69, 9.17) is 5.73 Å². The minimum Gasteiger partial charge on any atom is -0.361 e. The maximum Gasteiger partial charge on any atom is 0.163 e. The van der Waals surface area contributed by atoms with E-state index in [9.17, 15) is 4.79 Å². The van der Waals surface area contributed by atoms with Crippen molar-refractivity contribution in [1.82, 2.24) is 9.97 Å². The van der Waals surface area contributed by atoms with E-state index in [0.29, 0.717) is 0 Å². The quantitative estimate of drug-likeness (QED) is 0.100. The first-order valence-corrected chi connectivity index (χ1v) is 16.6. The van der Waals surface area contributed by atoms with E-state index in [2.05, 4.69) is 110 Å². The number of allylic oxidation sites excluding steroid dienone is 5. The first-order valence-electron chi connectivity index (χ1n) is 16.6. The molecule has 0 amide bonds. The van der Waals surface area contributed by atoms with Gasteiger partial charge in [-0.2, -0.15) is 0 Å². The monoisotopic (exact) mass is 614 g/mol. The number of hydrogen-bond acceptors (Lipinski definition) is 4. The molecule has 5 nitrogen and oxygen atoms in total. The number of aromatic nitrogens is 2. The second-order valence-corrected chi connectivity index (χ2v) is 12.7. The zero-order valence-electron chi connectivity index (χ0n) is 28.6. The smallest absolute Gasteiger partial charge is 0.163 e. The number of aryl methyl sites for hydroxylation is 2. The third kappa shape index (κ3) is 9.11. The molecule has 0 saturated heterocycles. The lowest BCUT2D eigenvalue weighted by Crippen LogP contribution is -2.21. The summed E-state index contributed by atoms with van der Waals surface area (Å²) in [7, 11) is 0. The number of pyridine rings is 1. The highest BCUT2D eigenvalue weighted by atomic mass is 16.1. The number of H-pyrrole nitrogens is 1. The molecule has 1 saturated carbocycles. The van der Waals surface area contributed by atoms with Crippen LogP contribution >= 0.6 is 0 Å². The Bertz CT molecular complexity index is 1760. The van der Waals surface area contributed by atoms with E-state index in [1.165, 1.54) is 27.6 Å².